The molecule has 0 aliphatic carbocycles. The van der Waals surface area contributed by atoms with Gasteiger partial charge in [-0.05, 0) is 45.4 Å². The number of carbonyl (C=O) groups is 1. The van der Waals surface area contributed by atoms with Gasteiger partial charge in [-0.3, -0.25) is 4.79 Å². The fourth-order valence-electron chi connectivity index (χ4n) is 2.50. The third-order valence-electron chi connectivity index (χ3n) is 3.73. The Morgan fingerprint density at radius 2 is 2.20 bits per heavy atom. The van der Waals surface area contributed by atoms with E-state index in [4.69, 9.17) is 0 Å². The number of anilines is 2. The van der Waals surface area contributed by atoms with E-state index in [0.717, 1.165) is 50.4 Å². The molecule has 1 aromatic heterocycles. The lowest BCUT2D eigenvalue weighted by Crippen LogP contribution is -2.43. The van der Waals surface area contributed by atoms with Crippen molar-refractivity contribution < 1.29 is 4.79 Å². The first-order valence-electron chi connectivity index (χ1n) is 7.49. The summed E-state index contributed by atoms with van der Waals surface area (Å²) >= 11 is 0. The summed E-state index contributed by atoms with van der Waals surface area (Å²) in [5.41, 5.74) is 0.762. The number of hydrogen-bond donors (Lipinski definition) is 2. The summed E-state index contributed by atoms with van der Waals surface area (Å²) in [7, 11) is 0. The van der Waals surface area contributed by atoms with Crippen molar-refractivity contribution in [2.45, 2.75) is 39.2 Å². The number of nitrogens with zero attached hydrogens (tertiary/aromatic N) is 2. The van der Waals surface area contributed by atoms with Crippen LogP contribution in [-0.4, -0.2) is 36.6 Å². The Balaban J connectivity index is 1.94. The molecule has 5 nitrogen and oxygen atoms in total. The SMILES string of the molecule is CCN(CC)c1ccc(NC(=O)[C@H]2CCCCN2)cn1. The molecule has 1 aromatic rings. The zero-order valence-corrected chi connectivity index (χ0v) is 12.4. The largest absolute Gasteiger partial charge is 0.357 e. The summed E-state index contributed by atoms with van der Waals surface area (Å²) in [4.78, 5) is 18.7. The Labute approximate surface area is 120 Å². The monoisotopic (exact) mass is 276 g/mol. The van der Waals surface area contributed by atoms with Crippen molar-refractivity contribution in [3.8, 4) is 0 Å². The Bertz CT molecular complexity index is 422. The lowest BCUT2D eigenvalue weighted by Gasteiger charge is -2.23. The highest BCUT2D eigenvalue weighted by Crippen LogP contribution is 2.15. The van der Waals surface area contributed by atoms with Crippen molar-refractivity contribution in [3.63, 3.8) is 0 Å². The van der Waals surface area contributed by atoms with Gasteiger partial charge in [-0.2, -0.15) is 0 Å². The molecule has 2 heterocycles. The van der Waals surface area contributed by atoms with E-state index in [0.29, 0.717) is 0 Å². The van der Waals surface area contributed by atoms with Crippen LogP contribution in [0.1, 0.15) is 33.1 Å². The second kappa shape index (κ2) is 7.24. The molecule has 1 amide bonds. The Morgan fingerprint density at radius 1 is 1.40 bits per heavy atom. The summed E-state index contributed by atoms with van der Waals surface area (Å²) in [6, 6.07) is 3.81. The molecule has 1 atom stereocenters. The number of nitrogens with one attached hydrogen (secondary N) is 2. The minimum absolute atomic E-state index is 0.0436. The molecule has 1 saturated heterocycles. The van der Waals surface area contributed by atoms with Crippen molar-refractivity contribution >= 4 is 17.4 Å². The van der Waals surface area contributed by atoms with Gasteiger partial charge in [-0.1, -0.05) is 6.42 Å². The first kappa shape index (κ1) is 14.8. The van der Waals surface area contributed by atoms with Crippen LogP contribution in [0.4, 0.5) is 11.5 Å². The molecule has 1 aliphatic rings. The topological polar surface area (TPSA) is 57.3 Å². The van der Waals surface area contributed by atoms with Crippen LogP contribution in [0.25, 0.3) is 0 Å². The summed E-state index contributed by atoms with van der Waals surface area (Å²) in [6.45, 7) is 7.00. The lowest BCUT2D eigenvalue weighted by atomic mass is 10.0. The quantitative estimate of drug-likeness (QED) is 0.864. The maximum atomic E-state index is 12.1. The Kier molecular flexibility index (Phi) is 5.35. The van der Waals surface area contributed by atoms with Crippen molar-refractivity contribution in [1.82, 2.24) is 10.3 Å². The maximum Gasteiger partial charge on any atom is 0.241 e. The van der Waals surface area contributed by atoms with E-state index < -0.39 is 0 Å². The van der Waals surface area contributed by atoms with Crippen molar-refractivity contribution in [3.05, 3.63) is 18.3 Å². The van der Waals surface area contributed by atoms with Crippen LogP contribution in [0, 0.1) is 0 Å². The second-order valence-electron chi connectivity index (χ2n) is 5.07. The lowest BCUT2D eigenvalue weighted by molar-refractivity contribution is -0.118. The van der Waals surface area contributed by atoms with Gasteiger partial charge in [0.15, 0.2) is 0 Å². The van der Waals surface area contributed by atoms with Crippen molar-refractivity contribution in [2.75, 3.05) is 29.9 Å². The van der Waals surface area contributed by atoms with E-state index in [2.05, 4.69) is 34.4 Å². The summed E-state index contributed by atoms with van der Waals surface area (Å²) in [5, 5.41) is 6.18. The van der Waals surface area contributed by atoms with Crippen LogP contribution >= 0.6 is 0 Å². The van der Waals surface area contributed by atoms with Crippen LogP contribution in [0.15, 0.2) is 18.3 Å². The second-order valence-corrected chi connectivity index (χ2v) is 5.07. The van der Waals surface area contributed by atoms with Gasteiger partial charge in [0, 0.05) is 13.1 Å². The molecule has 0 unspecified atom stereocenters. The molecular formula is C15H24N4O. The molecule has 0 saturated carbocycles. The van der Waals surface area contributed by atoms with E-state index in [1.165, 1.54) is 0 Å². The smallest absolute Gasteiger partial charge is 0.241 e. The molecule has 0 radical (unpaired) electrons. The van der Waals surface area contributed by atoms with Gasteiger partial charge >= 0.3 is 0 Å². The van der Waals surface area contributed by atoms with E-state index in [1.807, 2.05) is 12.1 Å². The van der Waals surface area contributed by atoms with Gasteiger partial charge in [-0.15, -0.1) is 0 Å². The minimum atomic E-state index is -0.0637. The van der Waals surface area contributed by atoms with Gasteiger partial charge in [0.1, 0.15) is 5.82 Å². The number of piperidine rings is 1. The van der Waals surface area contributed by atoms with Crippen molar-refractivity contribution in [1.29, 1.82) is 0 Å². The zero-order chi connectivity index (χ0) is 14.4. The number of hydrogen-bond acceptors (Lipinski definition) is 4. The molecule has 110 valence electrons. The molecule has 0 spiro atoms. The maximum absolute atomic E-state index is 12.1. The summed E-state index contributed by atoms with van der Waals surface area (Å²) < 4.78 is 0. The normalized spacial score (nSPS) is 18.6. The average molecular weight is 276 g/mol. The molecule has 20 heavy (non-hydrogen) atoms. The van der Waals surface area contributed by atoms with E-state index in [9.17, 15) is 4.79 Å². The van der Waals surface area contributed by atoms with Crippen LogP contribution in [-0.2, 0) is 4.79 Å². The summed E-state index contributed by atoms with van der Waals surface area (Å²) in [5.74, 6) is 0.992. The highest BCUT2D eigenvalue weighted by molar-refractivity contribution is 5.94. The molecule has 1 aliphatic heterocycles. The van der Waals surface area contributed by atoms with Crippen molar-refractivity contribution in [2.24, 2.45) is 0 Å². The van der Waals surface area contributed by atoms with Gasteiger partial charge in [0.05, 0.1) is 17.9 Å². The predicted molar refractivity (Wildman–Crippen MR) is 82.1 cm³/mol. The Morgan fingerprint density at radius 3 is 2.75 bits per heavy atom. The summed E-state index contributed by atoms with van der Waals surface area (Å²) in [6.07, 6.45) is 4.92. The number of aromatic nitrogens is 1. The van der Waals surface area contributed by atoms with Crippen LogP contribution in [0.3, 0.4) is 0 Å². The Hall–Kier alpha value is -1.62. The van der Waals surface area contributed by atoms with Gasteiger partial charge in [0.2, 0.25) is 5.91 Å². The minimum Gasteiger partial charge on any atom is -0.357 e. The van der Waals surface area contributed by atoms with Crippen LogP contribution in [0.5, 0.6) is 0 Å². The number of pyridine rings is 1. The van der Waals surface area contributed by atoms with Crippen LogP contribution in [0.2, 0.25) is 0 Å². The van der Waals surface area contributed by atoms with E-state index >= 15 is 0 Å². The molecule has 0 bridgehead atoms. The van der Waals surface area contributed by atoms with Gasteiger partial charge < -0.3 is 15.5 Å². The molecule has 5 heteroatoms. The highest BCUT2D eigenvalue weighted by Gasteiger charge is 2.20. The molecular weight excluding hydrogens is 252 g/mol. The third kappa shape index (κ3) is 3.70. The first-order chi connectivity index (χ1) is 9.74. The number of carbonyl (C=O) groups excluding carboxylic acids is 1. The number of amides is 1. The standard InChI is InChI=1S/C15H24N4O/c1-3-19(4-2)14-9-8-12(11-17-14)18-15(20)13-7-5-6-10-16-13/h8-9,11,13,16H,3-7,10H2,1-2H3,(H,18,20)/t13-/m1/s1. The molecule has 2 N–H and O–H groups in total. The molecule has 0 aromatic carbocycles. The third-order valence-corrected chi connectivity index (χ3v) is 3.73. The highest BCUT2D eigenvalue weighted by atomic mass is 16.2. The number of rotatable bonds is 5. The zero-order valence-electron chi connectivity index (χ0n) is 12.4. The van der Waals surface area contributed by atoms with E-state index in [1.54, 1.807) is 6.20 Å². The van der Waals surface area contributed by atoms with Gasteiger partial charge in [0.25, 0.3) is 0 Å². The first-order valence-corrected chi connectivity index (χ1v) is 7.49. The molecule has 2 rings (SSSR count). The molecule has 1 fully saturated rings. The van der Waals surface area contributed by atoms with Gasteiger partial charge in [-0.25, -0.2) is 4.98 Å². The predicted octanol–water partition coefficient (Wildman–Crippen LogP) is 2.01. The van der Waals surface area contributed by atoms with Crippen LogP contribution < -0.4 is 15.5 Å². The fraction of sp³-hybridized carbons (Fsp3) is 0.600. The average Bonchev–Trinajstić information content (AvgIpc) is 2.51. The van der Waals surface area contributed by atoms with E-state index in [-0.39, 0.29) is 11.9 Å². The fourth-order valence-corrected chi connectivity index (χ4v) is 2.50.